The molecular weight excluding hydrogens is 252 g/mol. The average molecular weight is 267 g/mol. The van der Waals surface area contributed by atoms with Crippen molar-refractivity contribution in [1.82, 2.24) is 0 Å². The molecule has 0 radical (unpaired) electrons. The van der Waals surface area contributed by atoms with E-state index in [1.807, 2.05) is 0 Å². The van der Waals surface area contributed by atoms with Crippen molar-refractivity contribution in [2.24, 2.45) is 11.8 Å². The number of hydrogen-bond acceptors (Lipinski definition) is 1. The molecule has 0 aromatic heterocycles. The van der Waals surface area contributed by atoms with E-state index in [0.717, 1.165) is 10.0 Å². The van der Waals surface area contributed by atoms with Crippen molar-refractivity contribution < 1.29 is 5.11 Å². The Balaban J connectivity index is 2.00. The second kappa shape index (κ2) is 3.08. The highest BCUT2D eigenvalue weighted by atomic mass is 79.9. The SMILES string of the molecule is Cc1ccc(C2(O)C3CCCC32)c(Br)c1. The molecular formula is C13H15BrO. The van der Waals surface area contributed by atoms with E-state index < -0.39 is 5.60 Å². The van der Waals surface area contributed by atoms with E-state index >= 15 is 0 Å². The molecule has 1 aromatic rings. The molecule has 0 heterocycles. The first-order valence-electron chi connectivity index (χ1n) is 5.63. The van der Waals surface area contributed by atoms with Gasteiger partial charge in [-0.1, -0.05) is 34.5 Å². The molecule has 0 amide bonds. The molecule has 1 nitrogen and oxygen atoms in total. The highest BCUT2D eigenvalue weighted by molar-refractivity contribution is 9.10. The van der Waals surface area contributed by atoms with Gasteiger partial charge in [0.05, 0.1) is 5.60 Å². The van der Waals surface area contributed by atoms with Crippen molar-refractivity contribution >= 4 is 15.9 Å². The summed E-state index contributed by atoms with van der Waals surface area (Å²) in [6, 6.07) is 6.27. The molecule has 2 unspecified atom stereocenters. The van der Waals surface area contributed by atoms with Crippen LogP contribution in [-0.4, -0.2) is 5.11 Å². The topological polar surface area (TPSA) is 20.2 Å². The lowest BCUT2D eigenvalue weighted by molar-refractivity contribution is 0.105. The number of fused-ring (bicyclic) bond motifs is 1. The maximum absolute atomic E-state index is 10.6. The number of hydrogen-bond donors (Lipinski definition) is 1. The fourth-order valence-electron chi connectivity index (χ4n) is 3.27. The maximum Gasteiger partial charge on any atom is 0.0971 e. The molecule has 2 saturated carbocycles. The molecule has 2 aliphatic rings. The van der Waals surface area contributed by atoms with Crippen LogP contribution in [0, 0.1) is 18.8 Å². The lowest BCUT2D eigenvalue weighted by atomic mass is 9.98. The number of rotatable bonds is 1. The smallest absolute Gasteiger partial charge is 0.0971 e. The fourth-order valence-corrected chi connectivity index (χ4v) is 4.08. The van der Waals surface area contributed by atoms with Crippen LogP contribution in [0.3, 0.4) is 0 Å². The molecule has 0 saturated heterocycles. The van der Waals surface area contributed by atoms with Crippen LogP contribution in [0.15, 0.2) is 22.7 Å². The molecule has 2 fully saturated rings. The highest BCUT2D eigenvalue weighted by Crippen LogP contribution is 2.66. The highest BCUT2D eigenvalue weighted by Gasteiger charge is 2.66. The van der Waals surface area contributed by atoms with E-state index in [-0.39, 0.29) is 0 Å². The summed E-state index contributed by atoms with van der Waals surface area (Å²) in [5.74, 6) is 1.05. The Morgan fingerprint density at radius 1 is 1.33 bits per heavy atom. The Labute approximate surface area is 98.6 Å². The molecule has 80 valence electrons. The van der Waals surface area contributed by atoms with Crippen molar-refractivity contribution in [2.75, 3.05) is 0 Å². The zero-order chi connectivity index (χ0) is 10.6. The minimum absolute atomic E-state index is 0.509. The quantitative estimate of drug-likeness (QED) is 0.827. The number of halogens is 1. The second-order valence-electron chi connectivity index (χ2n) is 4.95. The second-order valence-corrected chi connectivity index (χ2v) is 5.81. The van der Waals surface area contributed by atoms with Crippen molar-refractivity contribution in [2.45, 2.75) is 31.8 Å². The third kappa shape index (κ3) is 1.24. The lowest BCUT2D eigenvalue weighted by Gasteiger charge is -2.16. The van der Waals surface area contributed by atoms with Crippen LogP contribution in [0.5, 0.6) is 0 Å². The molecule has 0 bridgehead atoms. The van der Waals surface area contributed by atoms with Crippen molar-refractivity contribution in [3.8, 4) is 0 Å². The predicted molar refractivity (Wildman–Crippen MR) is 63.6 cm³/mol. The molecule has 0 spiro atoms. The van der Waals surface area contributed by atoms with E-state index in [9.17, 15) is 5.11 Å². The Morgan fingerprint density at radius 2 is 2.00 bits per heavy atom. The van der Waals surface area contributed by atoms with E-state index in [0.29, 0.717) is 11.8 Å². The molecule has 1 N–H and O–H groups in total. The largest absolute Gasteiger partial charge is 0.385 e. The Bertz CT molecular complexity index is 403. The van der Waals surface area contributed by atoms with Gasteiger partial charge < -0.3 is 5.11 Å². The predicted octanol–water partition coefficient (Wildman–Crippen LogP) is 3.38. The van der Waals surface area contributed by atoms with Crippen LogP contribution in [0.2, 0.25) is 0 Å². The summed E-state index contributed by atoms with van der Waals surface area (Å²) in [5, 5.41) is 10.6. The Hall–Kier alpha value is -0.340. The van der Waals surface area contributed by atoms with Crippen LogP contribution >= 0.6 is 15.9 Å². The van der Waals surface area contributed by atoms with Gasteiger partial charge in [-0.15, -0.1) is 0 Å². The zero-order valence-electron chi connectivity index (χ0n) is 8.83. The first-order valence-corrected chi connectivity index (χ1v) is 6.42. The number of benzene rings is 1. The molecule has 3 rings (SSSR count). The lowest BCUT2D eigenvalue weighted by Crippen LogP contribution is -2.13. The summed E-state index contributed by atoms with van der Waals surface area (Å²) in [6.45, 7) is 2.08. The molecule has 2 heteroatoms. The van der Waals surface area contributed by atoms with E-state index in [1.54, 1.807) is 0 Å². The minimum atomic E-state index is -0.509. The minimum Gasteiger partial charge on any atom is -0.385 e. The molecule has 2 atom stereocenters. The van der Waals surface area contributed by atoms with Gasteiger partial charge in [0.2, 0.25) is 0 Å². The van der Waals surface area contributed by atoms with Gasteiger partial charge in [-0.25, -0.2) is 0 Å². The monoisotopic (exact) mass is 266 g/mol. The molecule has 1 aromatic carbocycles. The van der Waals surface area contributed by atoms with E-state index in [1.165, 1.54) is 24.8 Å². The van der Waals surface area contributed by atoms with Gasteiger partial charge in [0.15, 0.2) is 0 Å². The van der Waals surface area contributed by atoms with Crippen LogP contribution in [0.4, 0.5) is 0 Å². The summed E-state index contributed by atoms with van der Waals surface area (Å²) in [4.78, 5) is 0. The first kappa shape index (κ1) is 9.86. The summed E-state index contributed by atoms with van der Waals surface area (Å²) in [6.07, 6.45) is 3.68. The average Bonchev–Trinajstić information content (AvgIpc) is 2.63. The van der Waals surface area contributed by atoms with Crippen molar-refractivity contribution in [3.05, 3.63) is 33.8 Å². The molecule has 0 aliphatic heterocycles. The van der Waals surface area contributed by atoms with Gasteiger partial charge in [-0.2, -0.15) is 0 Å². The maximum atomic E-state index is 10.6. The van der Waals surface area contributed by atoms with Crippen LogP contribution in [-0.2, 0) is 5.60 Å². The van der Waals surface area contributed by atoms with Gasteiger partial charge in [-0.3, -0.25) is 0 Å². The Morgan fingerprint density at radius 3 is 2.60 bits per heavy atom. The van der Waals surface area contributed by atoms with Gasteiger partial charge in [-0.05, 0) is 48.8 Å². The third-order valence-electron chi connectivity index (χ3n) is 4.09. The summed E-state index contributed by atoms with van der Waals surface area (Å²) < 4.78 is 1.07. The Kier molecular flexibility index (Phi) is 2.02. The van der Waals surface area contributed by atoms with Gasteiger partial charge in [0.1, 0.15) is 0 Å². The molecule has 2 aliphatic carbocycles. The fraction of sp³-hybridized carbons (Fsp3) is 0.538. The van der Waals surface area contributed by atoms with Crippen LogP contribution < -0.4 is 0 Å². The standard InChI is InChI=1S/C13H15BrO/c1-8-5-6-11(12(14)7-8)13(15)9-3-2-4-10(9)13/h5-7,9-10,15H,2-4H2,1H3. The van der Waals surface area contributed by atoms with Gasteiger partial charge in [0, 0.05) is 4.47 Å². The van der Waals surface area contributed by atoms with Gasteiger partial charge in [0.25, 0.3) is 0 Å². The normalized spacial score (nSPS) is 37.8. The van der Waals surface area contributed by atoms with E-state index in [4.69, 9.17) is 0 Å². The van der Waals surface area contributed by atoms with Crippen LogP contribution in [0.1, 0.15) is 30.4 Å². The van der Waals surface area contributed by atoms with Crippen molar-refractivity contribution in [1.29, 1.82) is 0 Å². The van der Waals surface area contributed by atoms with Gasteiger partial charge >= 0.3 is 0 Å². The number of aliphatic hydroxyl groups is 1. The molecule has 15 heavy (non-hydrogen) atoms. The summed E-state index contributed by atoms with van der Waals surface area (Å²) in [7, 11) is 0. The summed E-state index contributed by atoms with van der Waals surface area (Å²) >= 11 is 3.57. The third-order valence-corrected chi connectivity index (χ3v) is 4.75. The van der Waals surface area contributed by atoms with Crippen molar-refractivity contribution in [3.63, 3.8) is 0 Å². The number of aryl methyl sites for hydroxylation is 1. The summed E-state index contributed by atoms with van der Waals surface area (Å²) in [5.41, 5.74) is 1.83. The van der Waals surface area contributed by atoms with E-state index in [2.05, 4.69) is 41.1 Å². The van der Waals surface area contributed by atoms with Crippen LogP contribution in [0.25, 0.3) is 0 Å². The first-order chi connectivity index (χ1) is 7.14. The zero-order valence-corrected chi connectivity index (χ0v) is 10.4.